The van der Waals surface area contributed by atoms with Gasteiger partial charge in [0.1, 0.15) is 0 Å². The SMILES string of the molecule is CCCC(CCO)CNC(=O)c1cccc([N+](=O)[O-])c1C. The Morgan fingerprint density at radius 2 is 2.14 bits per heavy atom. The molecule has 1 aromatic carbocycles. The van der Waals surface area contributed by atoms with Crippen molar-refractivity contribution in [2.75, 3.05) is 13.2 Å². The maximum atomic E-state index is 12.2. The number of nitro groups is 1. The number of aliphatic hydroxyl groups is 1. The summed E-state index contributed by atoms with van der Waals surface area (Å²) in [4.78, 5) is 22.5. The quantitative estimate of drug-likeness (QED) is 0.569. The molecule has 0 bridgehead atoms. The van der Waals surface area contributed by atoms with E-state index >= 15 is 0 Å². The van der Waals surface area contributed by atoms with Gasteiger partial charge >= 0.3 is 0 Å². The van der Waals surface area contributed by atoms with Crippen molar-refractivity contribution in [2.45, 2.75) is 33.1 Å². The van der Waals surface area contributed by atoms with E-state index < -0.39 is 4.92 Å². The lowest BCUT2D eigenvalue weighted by Crippen LogP contribution is -2.30. The molecule has 0 heterocycles. The Kier molecular flexibility index (Phi) is 6.81. The van der Waals surface area contributed by atoms with E-state index in [1.165, 1.54) is 12.1 Å². The lowest BCUT2D eigenvalue weighted by atomic mass is 9.99. The molecule has 21 heavy (non-hydrogen) atoms. The molecule has 0 saturated carbocycles. The van der Waals surface area contributed by atoms with Gasteiger partial charge in [0, 0.05) is 30.3 Å². The van der Waals surface area contributed by atoms with Crippen LogP contribution in [-0.4, -0.2) is 29.1 Å². The van der Waals surface area contributed by atoms with Gasteiger partial charge in [-0.15, -0.1) is 0 Å². The van der Waals surface area contributed by atoms with E-state index in [2.05, 4.69) is 12.2 Å². The van der Waals surface area contributed by atoms with Crippen molar-refractivity contribution >= 4 is 11.6 Å². The summed E-state index contributed by atoms with van der Waals surface area (Å²) in [6.45, 7) is 4.19. The Balaban J connectivity index is 2.76. The first-order valence-corrected chi connectivity index (χ1v) is 7.14. The number of rotatable bonds is 8. The molecule has 0 aromatic heterocycles. The van der Waals surface area contributed by atoms with Gasteiger partial charge in [-0.25, -0.2) is 0 Å². The fourth-order valence-corrected chi connectivity index (χ4v) is 2.34. The molecule has 1 amide bonds. The van der Waals surface area contributed by atoms with E-state index in [0.717, 1.165) is 12.8 Å². The van der Waals surface area contributed by atoms with Gasteiger partial charge in [0.25, 0.3) is 11.6 Å². The molecule has 6 heteroatoms. The third-order valence-corrected chi connectivity index (χ3v) is 3.53. The van der Waals surface area contributed by atoms with Crippen LogP contribution in [0.25, 0.3) is 0 Å². The van der Waals surface area contributed by atoms with Crippen molar-refractivity contribution in [3.05, 3.63) is 39.4 Å². The second-order valence-electron chi connectivity index (χ2n) is 5.08. The molecule has 2 N–H and O–H groups in total. The minimum absolute atomic E-state index is 0.0527. The van der Waals surface area contributed by atoms with Gasteiger partial charge in [-0.1, -0.05) is 19.4 Å². The third kappa shape index (κ3) is 4.82. The molecule has 1 rings (SSSR count). The summed E-state index contributed by atoms with van der Waals surface area (Å²) in [6, 6.07) is 4.48. The van der Waals surface area contributed by atoms with Gasteiger partial charge in [0.15, 0.2) is 0 Å². The first-order valence-electron chi connectivity index (χ1n) is 7.14. The number of nitrogens with zero attached hydrogens (tertiary/aromatic N) is 1. The predicted octanol–water partition coefficient (Wildman–Crippen LogP) is 2.43. The molecule has 0 radical (unpaired) electrons. The van der Waals surface area contributed by atoms with Crippen molar-refractivity contribution in [1.82, 2.24) is 5.32 Å². The number of hydrogen-bond donors (Lipinski definition) is 2. The van der Waals surface area contributed by atoms with E-state index in [4.69, 9.17) is 5.11 Å². The Morgan fingerprint density at radius 3 is 2.71 bits per heavy atom. The Bertz CT molecular complexity index is 496. The normalized spacial score (nSPS) is 12.0. The first kappa shape index (κ1) is 17.1. The summed E-state index contributed by atoms with van der Waals surface area (Å²) in [5, 5.41) is 22.7. The van der Waals surface area contributed by atoms with Crippen LogP contribution in [0.15, 0.2) is 18.2 Å². The highest BCUT2D eigenvalue weighted by Gasteiger charge is 2.18. The number of aliphatic hydroxyl groups excluding tert-OH is 1. The van der Waals surface area contributed by atoms with E-state index in [1.54, 1.807) is 13.0 Å². The fourth-order valence-electron chi connectivity index (χ4n) is 2.34. The lowest BCUT2D eigenvalue weighted by Gasteiger charge is -2.16. The van der Waals surface area contributed by atoms with Crippen LogP contribution in [0, 0.1) is 23.0 Å². The van der Waals surface area contributed by atoms with Crippen LogP contribution in [0.5, 0.6) is 0 Å². The maximum Gasteiger partial charge on any atom is 0.273 e. The van der Waals surface area contributed by atoms with Gasteiger partial charge in [-0.2, -0.15) is 0 Å². The molecular weight excluding hydrogens is 272 g/mol. The zero-order chi connectivity index (χ0) is 15.8. The van der Waals surface area contributed by atoms with E-state index in [9.17, 15) is 14.9 Å². The van der Waals surface area contributed by atoms with Gasteiger partial charge in [0.2, 0.25) is 0 Å². The monoisotopic (exact) mass is 294 g/mol. The van der Waals surface area contributed by atoms with Crippen LogP contribution in [0.3, 0.4) is 0 Å². The van der Waals surface area contributed by atoms with E-state index in [0.29, 0.717) is 24.1 Å². The topological polar surface area (TPSA) is 92.5 Å². The number of carbonyl (C=O) groups excluding carboxylic acids is 1. The van der Waals surface area contributed by atoms with Crippen LogP contribution in [0.4, 0.5) is 5.69 Å². The Morgan fingerprint density at radius 1 is 1.43 bits per heavy atom. The van der Waals surface area contributed by atoms with Crippen molar-refractivity contribution < 1.29 is 14.8 Å². The van der Waals surface area contributed by atoms with Crippen molar-refractivity contribution in [3.8, 4) is 0 Å². The highest BCUT2D eigenvalue weighted by molar-refractivity contribution is 5.96. The number of carbonyl (C=O) groups is 1. The summed E-state index contributed by atoms with van der Waals surface area (Å²) in [5.41, 5.74) is 0.640. The summed E-state index contributed by atoms with van der Waals surface area (Å²) in [7, 11) is 0. The fraction of sp³-hybridized carbons (Fsp3) is 0.533. The molecule has 0 aliphatic carbocycles. The second-order valence-corrected chi connectivity index (χ2v) is 5.08. The molecule has 0 saturated heterocycles. The van der Waals surface area contributed by atoms with Crippen molar-refractivity contribution in [2.24, 2.45) is 5.92 Å². The Labute approximate surface area is 124 Å². The number of hydrogen-bond acceptors (Lipinski definition) is 4. The predicted molar refractivity (Wildman–Crippen MR) is 80.3 cm³/mol. The largest absolute Gasteiger partial charge is 0.396 e. The number of nitro benzene ring substituents is 1. The van der Waals surface area contributed by atoms with Gasteiger partial charge < -0.3 is 10.4 Å². The molecule has 0 fully saturated rings. The van der Waals surface area contributed by atoms with Crippen LogP contribution in [-0.2, 0) is 0 Å². The summed E-state index contributed by atoms with van der Waals surface area (Å²) >= 11 is 0. The second kappa shape index (κ2) is 8.36. The summed E-state index contributed by atoms with van der Waals surface area (Å²) < 4.78 is 0. The maximum absolute atomic E-state index is 12.2. The standard InChI is InChI=1S/C15H22N2O4/c1-3-5-12(8-9-18)10-16-15(19)13-6-4-7-14(11(13)2)17(20)21/h4,6-7,12,18H,3,5,8-10H2,1-2H3,(H,16,19). The highest BCUT2D eigenvalue weighted by atomic mass is 16.6. The van der Waals surface area contributed by atoms with Crippen molar-refractivity contribution in [1.29, 1.82) is 0 Å². The molecule has 1 atom stereocenters. The van der Waals surface area contributed by atoms with Gasteiger partial charge in [-0.3, -0.25) is 14.9 Å². The Hall–Kier alpha value is -1.95. The average Bonchev–Trinajstić information content (AvgIpc) is 2.44. The lowest BCUT2D eigenvalue weighted by molar-refractivity contribution is -0.385. The molecule has 0 spiro atoms. The molecule has 116 valence electrons. The van der Waals surface area contributed by atoms with Crippen molar-refractivity contribution in [3.63, 3.8) is 0 Å². The zero-order valence-corrected chi connectivity index (χ0v) is 12.5. The van der Waals surface area contributed by atoms with Crippen LogP contribution >= 0.6 is 0 Å². The first-order chi connectivity index (χ1) is 10.0. The average molecular weight is 294 g/mol. The summed E-state index contributed by atoms with van der Waals surface area (Å²) in [6.07, 6.45) is 2.55. The zero-order valence-electron chi connectivity index (χ0n) is 12.5. The molecule has 1 aromatic rings. The third-order valence-electron chi connectivity index (χ3n) is 3.53. The number of nitrogens with one attached hydrogen (secondary N) is 1. The minimum Gasteiger partial charge on any atom is -0.396 e. The molecule has 6 nitrogen and oxygen atoms in total. The number of amides is 1. The molecule has 0 aliphatic rings. The van der Waals surface area contributed by atoms with E-state index in [-0.39, 0.29) is 24.1 Å². The smallest absolute Gasteiger partial charge is 0.273 e. The molecule has 0 aliphatic heterocycles. The minimum atomic E-state index is -0.488. The van der Waals surface area contributed by atoms with Crippen LogP contribution in [0.1, 0.15) is 42.1 Å². The van der Waals surface area contributed by atoms with Crippen LogP contribution in [0.2, 0.25) is 0 Å². The van der Waals surface area contributed by atoms with Gasteiger partial charge in [-0.05, 0) is 31.7 Å². The van der Waals surface area contributed by atoms with Gasteiger partial charge in [0.05, 0.1) is 4.92 Å². The summed E-state index contributed by atoms with van der Waals surface area (Å²) in [5.74, 6) is -0.0850. The molecular formula is C15H22N2O4. The number of benzene rings is 1. The van der Waals surface area contributed by atoms with Crippen LogP contribution < -0.4 is 5.32 Å². The van der Waals surface area contributed by atoms with E-state index in [1.807, 2.05) is 0 Å². The highest BCUT2D eigenvalue weighted by Crippen LogP contribution is 2.21. The molecule has 1 unspecified atom stereocenters.